The molecular formula is C16H28O2. The fourth-order valence-electron chi connectivity index (χ4n) is 4.00. The highest BCUT2D eigenvalue weighted by atomic mass is 16.7. The first-order valence-corrected chi connectivity index (χ1v) is 7.33. The Kier molecular flexibility index (Phi) is 3.89. The van der Waals surface area contributed by atoms with Gasteiger partial charge in [-0.05, 0) is 42.9 Å². The molecule has 2 rings (SSSR count). The predicted octanol–water partition coefficient (Wildman–Crippen LogP) is 4.16. The van der Waals surface area contributed by atoms with Crippen LogP contribution in [0.3, 0.4) is 0 Å². The van der Waals surface area contributed by atoms with Crippen LogP contribution in [0, 0.1) is 16.7 Å². The Balaban J connectivity index is 2.05. The van der Waals surface area contributed by atoms with Gasteiger partial charge in [-0.2, -0.15) is 0 Å². The predicted molar refractivity (Wildman–Crippen MR) is 74.3 cm³/mol. The average Bonchev–Trinajstić information content (AvgIpc) is 2.63. The number of hydrogen-bond acceptors (Lipinski definition) is 2. The van der Waals surface area contributed by atoms with E-state index in [0.29, 0.717) is 23.5 Å². The molecule has 2 nitrogen and oxygen atoms in total. The fraction of sp³-hybridized carbons (Fsp3) is 0.875. The van der Waals surface area contributed by atoms with Gasteiger partial charge in [-0.1, -0.05) is 26.8 Å². The molecule has 2 aliphatic rings. The van der Waals surface area contributed by atoms with Gasteiger partial charge in [0.2, 0.25) is 0 Å². The lowest BCUT2D eigenvalue weighted by Crippen LogP contribution is -2.39. The van der Waals surface area contributed by atoms with Gasteiger partial charge in [-0.25, -0.2) is 0 Å². The zero-order valence-corrected chi connectivity index (χ0v) is 12.4. The first kappa shape index (κ1) is 14.1. The summed E-state index contributed by atoms with van der Waals surface area (Å²) in [6.07, 6.45) is 6.77. The Bertz CT molecular complexity index is 310. The van der Waals surface area contributed by atoms with E-state index in [0.717, 1.165) is 12.3 Å². The minimum absolute atomic E-state index is 0.107. The Labute approximate surface area is 112 Å². The molecular weight excluding hydrogens is 224 g/mol. The van der Waals surface area contributed by atoms with Crippen molar-refractivity contribution in [3.05, 3.63) is 12.7 Å². The first-order valence-electron chi connectivity index (χ1n) is 7.33. The van der Waals surface area contributed by atoms with Crippen LogP contribution in [-0.4, -0.2) is 19.0 Å². The number of fused-ring (bicyclic) bond motifs is 2. The molecule has 0 N–H and O–H groups in total. The second-order valence-electron chi connectivity index (χ2n) is 6.64. The molecule has 2 fully saturated rings. The van der Waals surface area contributed by atoms with Gasteiger partial charge in [0.15, 0.2) is 6.29 Å². The van der Waals surface area contributed by atoms with E-state index >= 15 is 0 Å². The third-order valence-corrected chi connectivity index (χ3v) is 5.74. The van der Waals surface area contributed by atoms with E-state index in [9.17, 15) is 0 Å². The van der Waals surface area contributed by atoms with Crippen molar-refractivity contribution in [1.82, 2.24) is 0 Å². The van der Waals surface area contributed by atoms with E-state index in [4.69, 9.17) is 9.47 Å². The molecule has 0 amide bonds. The summed E-state index contributed by atoms with van der Waals surface area (Å²) < 4.78 is 11.9. The Morgan fingerprint density at radius 3 is 2.56 bits per heavy atom. The zero-order valence-electron chi connectivity index (χ0n) is 12.4. The summed E-state index contributed by atoms with van der Waals surface area (Å²) in [5.74, 6) is 0.818. The molecule has 2 heteroatoms. The van der Waals surface area contributed by atoms with E-state index in [1.807, 2.05) is 13.0 Å². The monoisotopic (exact) mass is 252 g/mol. The highest BCUT2D eigenvalue weighted by molar-refractivity contribution is 5.11. The van der Waals surface area contributed by atoms with Crippen LogP contribution in [0.15, 0.2) is 12.7 Å². The maximum Gasteiger partial charge on any atom is 0.161 e. The summed E-state index contributed by atoms with van der Waals surface area (Å²) in [7, 11) is 0. The highest BCUT2D eigenvalue weighted by Gasteiger charge is 2.62. The molecule has 2 saturated carbocycles. The third kappa shape index (κ3) is 2.04. The zero-order chi connectivity index (χ0) is 13.4. The molecule has 0 radical (unpaired) electrons. The molecule has 0 heterocycles. The second kappa shape index (κ2) is 4.97. The maximum absolute atomic E-state index is 6.27. The molecule has 0 aromatic rings. The fourth-order valence-corrected chi connectivity index (χ4v) is 4.00. The van der Waals surface area contributed by atoms with Gasteiger partial charge in [0.1, 0.15) is 0 Å². The third-order valence-electron chi connectivity index (χ3n) is 5.74. The minimum atomic E-state index is -0.107. The normalized spacial score (nSPS) is 38.9. The summed E-state index contributed by atoms with van der Waals surface area (Å²) in [4.78, 5) is 0. The highest BCUT2D eigenvalue weighted by Crippen LogP contribution is 2.66. The van der Waals surface area contributed by atoms with Crippen LogP contribution >= 0.6 is 0 Å². The van der Waals surface area contributed by atoms with E-state index in [1.54, 1.807) is 0 Å². The summed E-state index contributed by atoms with van der Waals surface area (Å²) >= 11 is 0. The van der Waals surface area contributed by atoms with Gasteiger partial charge in [0, 0.05) is 13.0 Å². The van der Waals surface area contributed by atoms with Crippen LogP contribution in [0.25, 0.3) is 0 Å². The summed E-state index contributed by atoms with van der Waals surface area (Å²) in [5, 5.41) is 0. The SMILES string of the molecule is C=CCC(OCC)OC1CC2CCC1(C)C2(C)C. The lowest BCUT2D eigenvalue weighted by Gasteiger charge is -2.40. The van der Waals surface area contributed by atoms with Crippen molar-refractivity contribution in [3.8, 4) is 0 Å². The van der Waals surface area contributed by atoms with Crippen molar-refractivity contribution in [2.75, 3.05) is 6.61 Å². The van der Waals surface area contributed by atoms with Crippen LogP contribution < -0.4 is 0 Å². The molecule has 104 valence electrons. The Morgan fingerprint density at radius 1 is 1.39 bits per heavy atom. The largest absolute Gasteiger partial charge is 0.353 e. The first-order chi connectivity index (χ1) is 8.45. The van der Waals surface area contributed by atoms with E-state index in [2.05, 4.69) is 27.4 Å². The Morgan fingerprint density at radius 2 is 2.11 bits per heavy atom. The van der Waals surface area contributed by atoms with Crippen LogP contribution in [0.4, 0.5) is 0 Å². The van der Waals surface area contributed by atoms with Crippen molar-refractivity contribution < 1.29 is 9.47 Å². The molecule has 0 aromatic carbocycles. The molecule has 4 atom stereocenters. The van der Waals surface area contributed by atoms with E-state index in [-0.39, 0.29) is 6.29 Å². The average molecular weight is 252 g/mol. The molecule has 4 unspecified atom stereocenters. The Hall–Kier alpha value is -0.340. The molecule has 0 spiro atoms. The summed E-state index contributed by atoms with van der Waals surface area (Å²) in [6, 6.07) is 0. The molecule has 18 heavy (non-hydrogen) atoms. The molecule has 0 aromatic heterocycles. The molecule has 2 aliphatic carbocycles. The molecule has 0 saturated heterocycles. The van der Waals surface area contributed by atoms with Gasteiger partial charge in [0.05, 0.1) is 6.10 Å². The van der Waals surface area contributed by atoms with Crippen molar-refractivity contribution in [2.24, 2.45) is 16.7 Å². The van der Waals surface area contributed by atoms with Crippen LogP contribution in [0.1, 0.15) is 53.4 Å². The standard InChI is InChI=1S/C16H28O2/c1-6-8-14(17-7-2)18-13-11-12-9-10-16(13,5)15(12,3)4/h6,12-14H,1,7-11H2,2-5H3. The summed E-state index contributed by atoms with van der Waals surface area (Å²) in [6.45, 7) is 13.7. The van der Waals surface area contributed by atoms with E-state index in [1.165, 1.54) is 19.3 Å². The lowest BCUT2D eigenvalue weighted by molar-refractivity contribution is -0.194. The molecule has 0 aliphatic heterocycles. The summed E-state index contributed by atoms with van der Waals surface area (Å²) in [5.41, 5.74) is 0.719. The maximum atomic E-state index is 6.27. The van der Waals surface area contributed by atoms with Gasteiger partial charge in [0.25, 0.3) is 0 Å². The number of rotatable bonds is 6. The van der Waals surface area contributed by atoms with Gasteiger partial charge in [-0.3, -0.25) is 0 Å². The topological polar surface area (TPSA) is 18.5 Å². The quantitative estimate of drug-likeness (QED) is 0.522. The van der Waals surface area contributed by atoms with Gasteiger partial charge < -0.3 is 9.47 Å². The minimum Gasteiger partial charge on any atom is -0.353 e. The van der Waals surface area contributed by atoms with Crippen LogP contribution in [0.2, 0.25) is 0 Å². The van der Waals surface area contributed by atoms with Crippen LogP contribution in [-0.2, 0) is 9.47 Å². The van der Waals surface area contributed by atoms with Crippen LogP contribution in [0.5, 0.6) is 0 Å². The van der Waals surface area contributed by atoms with Gasteiger partial charge >= 0.3 is 0 Å². The van der Waals surface area contributed by atoms with Gasteiger partial charge in [-0.15, -0.1) is 6.58 Å². The van der Waals surface area contributed by atoms with Crippen molar-refractivity contribution >= 4 is 0 Å². The van der Waals surface area contributed by atoms with Crippen molar-refractivity contribution in [1.29, 1.82) is 0 Å². The smallest absolute Gasteiger partial charge is 0.161 e. The number of ether oxygens (including phenoxy) is 2. The van der Waals surface area contributed by atoms with Crippen molar-refractivity contribution in [3.63, 3.8) is 0 Å². The number of hydrogen-bond donors (Lipinski definition) is 0. The van der Waals surface area contributed by atoms with E-state index < -0.39 is 0 Å². The van der Waals surface area contributed by atoms with Crippen molar-refractivity contribution in [2.45, 2.75) is 65.8 Å². The lowest BCUT2D eigenvalue weighted by atomic mass is 9.70. The second-order valence-corrected chi connectivity index (χ2v) is 6.64. The molecule has 2 bridgehead atoms.